The van der Waals surface area contributed by atoms with Crippen LogP contribution in [-0.4, -0.2) is 94.9 Å². The number of hydrogen-bond acceptors (Lipinski definition) is 7. The van der Waals surface area contributed by atoms with Gasteiger partial charge in [0.05, 0.1) is 6.54 Å². The van der Waals surface area contributed by atoms with E-state index in [0.717, 1.165) is 5.56 Å². The molecule has 2 saturated heterocycles. The molecule has 13 heteroatoms. The quantitative estimate of drug-likeness (QED) is 0.282. The molecule has 3 rings (SSSR count). The van der Waals surface area contributed by atoms with E-state index in [1.807, 2.05) is 32.0 Å². The number of alkyl carbamates (subject to hydrolysis) is 1. The molecule has 0 spiro atoms. The average molecular weight is 574 g/mol. The summed E-state index contributed by atoms with van der Waals surface area (Å²) in [6, 6.07) is 6.42. The smallest absolute Gasteiger partial charge is 0.407 e. The molecular formula is C28H39N5O8. The minimum atomic E-state index is -1.08. The van der Waals surface area contributed by atoms with Gasteiger partial charge in [0.15, 0.2) is 0 Å². The van der Waals surface area contributed by atoms with E-state index < -0.39 is 53.8 Å². The van der Waals surface area contributed by atoms with Gasteiger partial charge >= 0.3 is 12.1 Å². The fourth-order valence-corrected chi connectivity index (χ4v) is 5.04. The van der Waals surface area contributed by atoms with Gasteiger partial charge in [0.1, 0.15) is 31.3 Å². The first-order valence-electron chi connectivity index (χ1n) is 13.9. The first-order valence-corrected chi connectivity index (χ1v) is 13.9. The van der Waals surface area contributed by atoms with Crippen molar-refractivity contribution >= 4 is 35.7 Å². The highest BCUT2D eigenvalue weighted by molar-refractivity contribution is 5.94. The van der Waals surface area contributed by atoms with Crippen LogP contribution < -0.4 is 16.0 Å². The predicted molar refractivity (Wildman–Crippen MR) is 146 cm³/mol. The zero-order chi connectivity index (χ0) is 29.9. The van der Waals surface area contributed by atoms with Crippen LogP contribution in [0.15, 0.2) is 30.3 Å². The van der Waals surface area contributed by atoms with Crippen LogP contribution >= 0.6 is 0 Å². The lowest BCUT2D eigenvalue weighted by molar-refractivity contribution is -0.148. The van der Waals surface area contributed by atoms with Gasteiger partial charge in [-0.15, -0.1) is 0 Å². The molecule has 2 fully saturated rings. The van der Waals surface area contributed by atoms with Crippen LogP contribution in [0.2, 0.25) is 0 Å². The number of aliphatic carboxylic acids is 1. The maximum absolute atomic E-state index is 13.2. The molecule has 5 amide bonds. The maximum Gasteiger partial charge on any atom is 0.407 e. The third-order valence-electron chi connectivity index (χ3n) is 7.08. The molecule has 13 nitrogen and oxygen atoms in total. The Morgan fingerprint density at radius 1 is 0.902 bits per heavy atom. The van der Waals surface area contributed by atoms with Crippen molar-refractivity contribution in [1.82, 2.24) is 25.8 Å². The molecule has 0 radical (unpaired) electrons. The summed E-state index contributed by atoms with van der Waals surface area (Å²) >= 11 is 0. The van der Waals surface area contributed by atoms with E-state index in [1.165, 1.54) is 9.80 Å². The van der Waals surface area contributed by atoms with Crippen molar-refractivity contribution in [3.05, 3.63) is 35.9 Å². The van der Waals surface area contributed by atoms with E-state index in [0.29, 0.717) is 45.2 Å². The van der Waals surface area contributed by atoms with Crippen LogP contribution in [-0.2, 0) is 35.3 Å². The summed E-state index contributed by atoms with van der Waals surface area (Å²) in [6.45, 7) is 3.73. The van der Waals surface area contributed by atoms with Crippen molar-refractivity contribution < 1.29 is 38.6 Å². The van der Waals surface area contributed by atoms with Gasteiger partial charge in [0.25, 0.3) is 0 Å². The molecule has 3 unspecified atom stereocenters. The number of carboxylic acid groups (broad SMARTS) is 1. The topological polar surface area (TPSA) is 174 Å². The van der Waals surface area contributed by atoms with E-state index in [4.69, 9.17) is 4.74 Å². The largest absolute Gasteiger partial charge is 0.480 e. The van der Waals surface area contributed by atoms with Crippen molar-refractivity contribution in [2.75, 3.05) is 26.2 Å². The second-order valence-corrected chi connectivity index (χ2v) is 10.7. The van der Waals surface area contributed by atoms with Gasteiger partial charge in [0.2, 0.25) is 23.6 Å². The number of carboxylic acids is 1. The Hall–Kier alpha value is -4.16. The van der Waals surface area contributed by atoms with Crippen LogP contribution in [0.25, 0.3) is 0 Å². The molecule has 41 heavy (non-hydrogen) atoms. The van der Waals surface area contributed by atoms with E-state index in [-0.39, 0.29) is 25.6 Å². The predicted octanol–water partition coefficient (Wildman–Crippen LogP) is 0.627. The highest BCUT2D eigenvalue weighted by atomic mass is 16.5. The molecule has 1 aromatic rings. The van der Waals surface area contributed by atoms with Gasteiger partial charge in [0, 0.05) is 13.1 Å². The highest BCUT2D eigenvalue weighted by Gasteiger charge is 2.37. The second-order valence-electron chi connectivity index (χ2n) is 10.7. The Balaban J connectivity index is 1.51. The molecule has 2 heterocycles. The van der Waals surface area contributed by atoms with Crippen molar-refractivity contribution in [2.45, 2.75) is 70.7 Å². The fraction of sp³-hybridized carbons (Fsp3) is 0.571. The third-order valence-corrected chi connectivity index (χ3v) is 7.08. The number of likely N-dealkylation sites (tertiary alicyclic amines) is 2. The fourth-order valence-electron chi connectivity index (χ4n) is 5.04. The van der Waals surface area contributed by atoms with Gasteiger partial charge in [-0.3, -0.25) is 19.2 Å². The number of hydrogen-bond donors (Lipinski definition) is 4. The molecule has 3 atom stereocenters. The van der Waals surface area contributed by atoms with Crippen molar-refractivity contribution in [3.8, 4) is 0 Å². The summed E-state index contributed by atoms with van der Waals surface area (Å²) in [7, 11) is 0. The summed E-state index contributed by atoms with van der Waals surface area (Å²) in [5, 5.41) is 17.0. The van der Waals surface area contributed by atoms with Gasteiger partial charge in [-0.05, 0) is 43.6 Å². The molecule has 1 aromatic carbocycles. The molecular weight excluding hydrogens is 534 g/mol. The van der Waals surface area contributed by atoms with E-state index in [9.17, 15) is 33.9 Å². The Morgan fingerprint density at radius 2 is 1.49 bits per heavy atom. The van der Waals surface area contributed by atoms with Gasteiger partial charge in [-0.25, -0.2) is 9.59 Å². The minimum absolute atomic E-state index is 0.0316. The standard InChI is InChI=1S/C28H39N5O8/c1-18(2)14-20(25(36)29-15-23(34)33-13-7-11-22(33)27(38)39)31-26(37)21-10-6-12-32(21)24(35)16-30-28(40)41-17-19-8-4-3-5-9-19/h3-5,8-9,18,20-22H,6-7,10-17H2,1-2H3,(H,29,36)(H,30,40)(H,31,37)(H,38,39). The third kappa shape index (κ3) is 9.19. The number of nitrogens with zero attached hydrogens (tertiary/aromatic N) is 2. The summed E-state index contributed by atoms with van der Waals surface area (Å²) in [6.07, 6.45) is 1.46. The van der Waals surface area contributed by atoms with Crippen LogP contribution in [0, 0.1) is 5.92 Å². The second kappa shape index (κ2) is 15.0. The van der Waals surface area contributed by atoms with E-state index >= 15 is 0 Å². The van der Waals surface area contributed by atoms with Crippen LogP contribution in [0.3, 0.4) is 0 Å². The number of carbonyl (C=O) groups is 6. The molecule has 224 valence electrons. The average Bonchev–Trinajstić information content (AvgIpc) is 3.64. The lowest BCUT2D eigenvalue weighted by Crippen LogP contribution is -2.55. The lowest BCUT2D eigenvalue weighted by atomic mass is 10.0. The van der Waals surface area contributed by atoms with Crippen molar-refractivity contribution in [2.24, 2.45) is 5.92 Å². The molecule has 0 bridgehead atoms. The van der Waals surface area contributed by atoms with Gasteiger partial charge < -0.3 is 35.6 Å². The molecule has 0 saturated carbocycles. The zero-order valence-electron chi connectivity index (χ0n) is 23.5. The van der Waals surface area contributed by atoms with Crippen molar-refractivity contribution in [1.29, 1.82) is 0 Å². The van der Waals surface area contributed by atoms with Gasteiger partial charge in [-0.1, -0.05) is 44.2 Å². The van der Waals surface area contributed by atoms with Crippen molar-refractivity contribution in [3.63, 3.8) is 0 Å². The molecule has 2 aliphatic heterocycles. The highest BCUT2D eigenvalue weighted by Crippen LogP contribution is 2.19. The van der Waals surface area contributed by atoms with Crippen LogP contribution in [0.1, 0.15) is 51.5 Å². The SMILES string of the molecule is CC(C)CC(NC(=O)C1CCCN1C(=O)CNC(=O)OCc1ccccc1)C(=O)NCC(=O)N1CCCC1C(=O)O. The number of ether oxygens (including phenoxy) is 1. The van der Waals surface area contributed by atoms with Gasteiger partial charge in [-0.2, -0.15) is 0 Å². The zero-order valence-corrected chi connectivity index (χ0v) is 23.5. The molecule has 0 aromatic heterocycles. The first-order chi connectivity index (χ1) is 19.6. The molecule has 4 N–H and O–H groups in total. The normalized spacial score (nSPS) is 19.0. The Morgan fingerprint density at radius 3 is 2.10 bits per heavy atom. The number of benzene rings is 1. The summed E-state index contributed by atoms with van der Waals surface area (Å²) in [5.74, 6) is -3.06. The molecule has 0 aliphatic carbocycles. The Labute approximate surface area is 238 Å². The number of carbonyl (C=O) groups excluding carboxylic acids is 5. The summed E-state index contributed by atoms with van der Waals surface area (Å²) in [5.41, 5.74) is 0.801. The van der Waals surface area contributed by atoms with E-state index in [1.54, 1.807) is 12.1 Å². The summed E-state index contributed by atoms with van der Waals surface area (Å²) < 4.78 is 5.12. The van der Waals surface area contributed by atoms with Crippen LogP contribution in [0.4, 0.5) is 4.79 Å². The number of rotatable bonds is 12. The maximum atomic E-state index is 13.2. The van der Waals surface area contributed by atoms with E-state index in [2.05, 4.69) is 16.0 Å². The number of amides is 5. The monoisotopic (exact) mass is 573 g/mol. The molecule has 2 aliphatic rings. The first kappa shape index (κ1) is 31.4. The Kier molecular flexibility index (Phi) is 11.5. The lowest BCUT2D eigenvalue weighted by Gasteiger charge is -2.27. The number of nitrogens with one attached hydrogen (secondary N) is 3. The Bertz CT molecular complexity index is 1110. The minimum Gasteiger partial charge on any atom is -0.480 e. The summed E-state index contributed by atoms with van der Waals surface area (Å²) in [4.78, 5) is 77.6. The van der Waals surface area contributed by atoms with Crippen LogP contribution in [0.5, 0.6) is 0 Å².